The molecule has 2 amide bonds. The van der Waals surface area contributed by atoms with Gasteiger partial charge in [0.2, 0.25) is 11.8 Å². The molecule has 7 heteroatoms. The summed E-state index contributed by atoms with van der Waals surface area (Å²) in [6, 6.07) is 12.7. The molecule has 2 aromatic carbocycles. The summed E-state index contributed by atoms with van der Waals surface area (Å²) in [6.07, 6.45) is 0.470. The summed E-state index contributed by atoms with van der Waals surface area (Å²) in [7, 11) is 1.55. The summed E-state index contributed by atoms with van der Waals surface area (Å²) in [5, 5.41) is 6.52. The number of benzene rings is 2. The van der Waals surface area contributed by atoms with Crippen LogP contribution in [-0.2, 0) is 22.6 Å². The van der Waals surface area contributed by atoms with Gasteiger partial charge in [-0.05, 0) is 48.7 Å². The Hall–Kier alpha value is -3.61. The van der Waals surface area contributed by atoms with Crippen molar-refractivity contribution in [3.8, 4) is 5.75 Å². The van der Waals surface area contributed by atoms with Crippen molar-refractivity contribution in [2.24, 2.45) is 5.92 Å². The molecular weight excluding hydrogens is 408 g/mol. The van der Waals surface area contributed by atoms with Crippen LogP contribution in [-0.4, -0.2) is 18.9 Å². The number of rotatable bonds is 8. The second-order valence-electron chi connectivity index (χ2n) is 7.97. The Morgan fingerprint density at radius 1 is 1.09 bits per heavy atom. The zero-order valence-electron chi connectivity index (χ0n) is 18.8. The van der Waals surface area contributed by atoms with Gasteiger partial charge in [0.05, 0.1) is 7.11 Å². The number of ether oxygens (including phenoxy) is 1. The Labute approximate surface area is 186 Å². The zero-order chi connectivity index (χ0) is 23.3. The maximum atomic E-state index is 12.4. The first-order chi connectivity index (χ1) is 15.3. The molecule has 0 saturated carbocycles. The minimum Gasteiger partial charge on any atom is -0.497 e. The highest BCUT2D eigenvalue weighted by Crippen LogP contribution is 2.24. The van der Waals surface area contributed by atoms with E-state index in [4.69, 9.17) is 9.15 Å². The van der Waals surface area contributed by atoms with E-state index in [2.05, 4.69) is 10.6 Å². The number of hydrogen-bond donors (Lipinski definition) is 2. The molecule has 3 aromatic rings. The van der Waals surface area contributed by atoms with Gasteiger partial charge in [-0.15, -0.1) is 0 Å². The molecule has 0 bridgehead atoms. The van der Waals surface area contributed by atoms with Gasteiger partial charge in [-0.1, -0.05) is 26.0 Å². The minimum absolute atomic E-state index is 0.0429. The molecule has 0 aliphatic rings. The molecule has 0 radical (unpaired) electrons. The Bertz CT molecular complexity index is 1180. The molecule has 2 N–H and O–H groups in total. The highest BCUT2D eigenvalue weighted by molar-refractivity contribution is 5.92. The number of aryl methyl sites for hydroxylation is 1. The number of methoxy groups -OCH3 is 1. The molecule has 0 saturated heterocycles. The van der Waals surface area contributed by atoms with Gasteiger partial charge in [0.25, 0.3) is 0 Å². The first kappa shape index (κ1) is 23.1. The van der Waals surface area contributed by atoms with E-state index in [1.54, 1.807) is 25.3 Å². The van der Waals surface area contributed by atoms with Crippen LogP contribution in [0, 0.1) is 12.8 Å². The fourth-order valence-electron chi connectivity index (χ4n) is 3.31. The van der Waals surface area contributed by atoms with Crippen LogP contribution in [0.3, 0.4) is 0 Å². The molecule has 32 heavy (non-hydrogen) atoms. The van der Waals surface area contributed by atoms with Crippen LogP contribution in [0.5, 0.6) is 5.75 Å². The number of carbonyl (C=O) groups is 2. The zero-order valence-corrected chi connectivity index (χ0v) is 18.8. The predicted octanol–water partition coefficient (Wildman–Crippen LogP) is 3.95. The first-order valence-corrected chi connectivity index (χ1v) is 10.5. The maximum Gasteiger partial charge on any atom is 0.339 e. The Kier molecular flexibility index (Phi) is 7.30. The summed E-state index contributed by atoms with van der Waals surface area (Å²) >= 11 is 0. The molecule has 0 unspecified atom stereocenters. The maximum absolute atomic E-state index is 12.4. The van der Waals surface area contributed by atoms with E-state index in [-0.39, 0.29) is 24.2 Å². The number of nitrogens with one attached hydrogen (secondary N) is 2. The van der Waals surface area contributed by atoms with Crippen LogP contribution in [0.4, 0.5) is 5.69 Å². The van der Waals surface area contributed by atoms with Crippen LogP contribution in [0.1, 0.15) is 37.0 Å². The van der Waals surface area contributed by atoms with E-state index >= 15 is 0 Å². The Balaban J connectivity index is 1.57. The van der Waals surface area contributed by atoms with E-state index in [1.165, 1.54) is 0 Å². The molecule has 168 valence electrons. The quantitative estimate of drug-likeness (QED) is 0.521. The van der Waals surface area contributed by atoms with Crippen molar-refractivity contribution in [2.75, 3.05) is 12.4 Å². The molecule has 1 heterocycles. The van der Waals surface area contributed by atoms with Crippen LogP contribution in [0.2, 0.25) is 0 Å². The standard InChI is InChI=1S/C25H28N2O5/c1-15(2)24(29)27-18-7-5-17(6-8-18)14-26-23(28)12-11-21-16(3)20-10-9-19(31-4)13-22(20)32-25(21)30/h5-10,13,15H,11-12,14H2,1-4H3,(H,26,28)(H,27,29). The van der Waals surface area contributed by atoms with Crippen LogP contribution < -0.4 is 21.0 Å². The fraction of sp³-hybridized carbons (Fsp3) is 0.320. The van der Waals surface area contributed by atoms with Gasteiger partial charge in [0.1, 0.15) is 11.3 Å². The summed E-state index contributed by atoms with van der Waals surface area (Å²) in [5.74, 6) is 0.322. The van der Waals surface area contributed by atoms with Crippen molar-refractivity contribution in [2.45, 2.75) is 40.2 Å². The minimum atomic E-state index is -0.435. The third-order valence-corrected chi connectivity index (χ3v) is 5.33. The molecule has 0 atom stereocenters. The lowest BCUT2D eigenvalue weighted by Crippen LogP contribution is -2.24. The molecule has 0 fully saturated rings. The topological polar surface area (TPSA) is 97.6 Å². The third-order valence-electron chi connectivity index (χ3n) is 5.33. The summed E-state index contributed by atoms with van der Waals surface area (Å²) in [6.45, 7) is 5.89. The Morgan fingerprint density at radius 3 is 2.47 bits per heavy atom. The van der Waals surface area contributed by atoms with Gasteiger partial charge in [0, 0.05) is 41.6 Å². The third kappa shape index (κ3) is 5.55. The van der Waals surface area contributed by atoms with E-state index < -0.39 is 5.63 Å². The average Bonchev–Trinajstić information content (AvgIpc) is 2.77. The van der Waals surface area contributed by atoms with Gasteiger partial charge in [-0.3, -0.25) is 9.59 Å². The van der Waals surface area contributed by atoms with Crippen LogP contribution in [0.15, 0.2) is 51.7 Å². The fourth-order valence-corrected chi connectivity index (χ4v) is 3.31. The molecule has 0 spiro atoms. The highest BCUT2D eigenvalue weighted by Gasteiger charge is 2.14. The Morgan fingerprint density at radius 2 is 1.81 bits per heavy atom. The number of carbonyl (C=O) groups excluding carboxylic acids is 2. The van der Waals surface area contributed by atoms with Crippen LogP contribution in [0.25, 0.3) is 11.0 Å². The van der Waals surface area contributed by atoms with E-state index in [0.29, 0.717) is 29.9 Å². The lowest BCUT2D eigenvalue weighted by molar-refractivity contribution is -0.121. The van der Waals surface area contributed by atoms with E-state index in [0.717, 1.165) is 22.2 Å². The van der Waals surface area contributed by atoms with Gasteiger partial charge in [0.15, 0.2) is 0 Å². The van der Waals surface area contributed by atoms with Gasteiger partial charge in [-0.2, -0.15) is 0 Å². The van der Waals surface area contributed by atoms with Crippen molar-refractivity contribution in [3.63, 3.8) is 0 Å². The average molecular weight is 437 g/mol. The monoisotopic (exact) mass is 436 g/mol. The second-order valence-corrected chi connectivity index (χ2v) is 7.97. The lowest BCUT2D eigenvalue weighted by Gasteiger charge is -2.10. The molecule has 7 nitrogen and oxygen atoms in total. The second kappa shape index (κ2) is 10.1. The van der Waals surface area contributed by atoms with E-state index in [9.17, 15) is 14.4 Å². The van der Waals surface area contributed by atoms with Crippen molar-refractivity contribution >= 4 is 28.5 Å². The summed E-state index contributed by atoms with van der Waals surface area (Å²) < 4.78 is 10.6. The predicted molar refractivity (Wildman–Crippen MR) is 124 cm³/mol. The molecule has 0 aliphatic heterocycles. The molecule has 3 rings (SSSR count). The summed E-state index contributed by atoms with van der Waals surface area (Å²) in [5.41, 5.74) is 2.98. The number of amides is 2. The van der Waals surface area contributed by atoms with Gasteiger partial charge >= 0.3 is 5.63 Å². The van der Waals surface area contributed by atoms with Gasteiger partial charge in [-0.25, -0.2) is 4.79 Å². The first-order valence-electron chi connectivity index (χ1n) is 10.5. The molecule has 1 aromatic heterocycles. The number of fused-ring (bicyclic) bond motifs is 1. The van der Waals surface area contributed by atoms with Crippen molar-refractivity contribution in [1.82, 2.24) is 5.32 Å². The summed E-state index contributed by atoms with van der Waals surface area (Å²) in [4.78, 5) is 36.5. The lowest BCUT2D eigenvalue weighted by atomic mass is 10.0. The smallest absolute Gasteiger partial charge is 0.339 e. The van der Waals surface area contributed by atoms with Gasteiger partial charge < -0.3 is 19.8 Å². The van der Waals surface area contributed by atoms with Crippen LogP contribution >= 0.6 is 0 Å². The van der Waals surface area contributed by atoms with Crippen molar-refractivity contribution in [3.05, 3.63) is 69.6 Å². The van der Waals surface area contributed by atoms with Crippen molar-refractivity contribution in [1.29, 1.82) is 0 Å². The van der Waals surface area contributed by atoms with E-state index in [1.807, 2.05) is 45.0 Å². The molecule has 0 aliphatic carbocycles. The van der Waals surface area contributed by atoms with Crippen molar-refractivity contribution < 1.29 is 18.7 Å². The normalized spacial score (nSPS) is 10.9. The largest absolute Gasteiger partial charge is 0.497 e. The molecular formula is C25H28N2O5. The number of anilines is 1. The SMILES string of the molecule is COc1ccc2c(C)c(CCC(=O)NCc3ccc(NC(=O)C(C)C)cc3)c(=O)oc2c1. The number of hydrogen-bond acceptors (Lipinski definition) is 5. The highest BCUT2D eigenvalue weighted by atomic mass is 16.5.